The van der Waals surface area contributed by atoms with E-state index in [1.165, 1.54) is 18.9 Å². The summed E-state index contributed by atoms with van der Waals surface area (Å²) >= 11 is 1.39. The molecule has 0 aliphatic carbocycles. The van der Waals surface area contributed by atoms with Crippen LogP contribution < -0.4 is 14.8 Å². The van der Waals surface area contributed by atoms with Gasteiger partial charge in [-0.15, -0.1) is 0 Å². The lowest BCUT2D eigenvalue weighted by Gasteiger charge is -2.16. The Morgan fingerprint density at radius 2 is 2.08 bits per heavy atom. The van der Waals surface area contributed by atoms with Gasteiger partial charge in [0, 0.05) is 25.6 Å². The molecule has 2 aliphatic rings. The molecule has 0 bridgehead atoms. The third-order valence-electron chi connectivity index (χ3n) is 4.16. The van der Waals surface area contributed by atoms with Crippen molar-refractivity contribution in [2.45, 2.75) is 24.5 Å². The first-order valence-electron chi connectivity index (χ1n) is 8.16. The number of methoxy groups -OCH3 is 2. The van der Waals surface area contributed by atoms with Crippen molar-refractivity contribution in [1.82, 2.24) is 4.90 Å². The molecule has 1 N–H and O–H groups in total. The molecule has 2 aliphatic heterocycles. The number of hydrogen-bond acceptors (Lipinski definition) is 6. The minimum atomic E-state index is -0.458. The summed E-state index contributed by atoms with van der Waals surface area (Å²) in [6.45, 7) is 1.86. The van der Waals surface area contributed by atoms with Crippen molar-refractivity contribution in [2.24, 2.45) is 4.99 Å². The van der Waals surface area contributed by atoms with Crippen LogP contribution >= 0.6 is 11.8 Å². The molecule has 1 saturated heterocycles. The Bertz CT molecular complexity index is 701. The number of ether oxygens (including phenoxy) is 2. The maximum atomic E-state index is 12.3. The van der Waals surface area contributed by atoms with Crippen LogP contribution in [0.1, 0.15) is 19.3 Å². The molecule has 1 atom stereocenters. The van der Waals surface area contributed by atoms with Gasteiger partial charge in [-0.25, -0.2) is 0 Å². The van der Waals surface area contributed by atoms with Crippen LogP contribution in [0.25, 0.3) is 0 Å². The number of anilines is 1. The van der Waals surface area contributed by atoms with Crippen molar-refractivity contribution < 1.29 is 19.1 Å². The largest absolute Gasteiger partial charge is 0.497 e. The van der Waals surface area contributed by atoms with E-state index < -0.39 is 5.25 Å². The molecule has 1 unspecified atom stereocenters. The van der Waals surface area contributed by atoms with Crippen molar-refractivity contribution in [3.05, 3.63) is 18.2 Å². The quantitative estimate of drug-likeness (QED) is 0.863. The molecule has 2 heterocycles. The molecule has 2 amide bonds. The fourth-order valence-electron chi connectivity index (χ4n) is 2.82. The number of nitrogens with zero attached hydrogens (tertiary/aromatic N) is 2. The summed E-state index contributed by atoms with van der Waals surface area (Å²) in [4.78, 5) is 30.6. The maximum absolute atomic E-state index is 12.3. The molecule has 25 heavy (non-hydrogen) atoms. The van der Waals surface area contributed by atoms with E-state index in [0.29, 0.717) is 17.2 Å². The number of amides is 2. The molecule has 0 saturated carbocycles. The summed E-state index contributed by atoms with van der Waals surface area (Å²) in [7, 11) is 3.09. The van der Waals surface area contributed by atoms with E-state index in [9.17, 15) is 9.59 Å². The van der Waals surface area contributed by atoms with Crippen LogP contribution in [-0.2, 0) is 9.59 Å². The highest BCUT2D eigenvalue weighted by Crippen LogP contribution is 2.31. The Morgan fingerprint density at radius 3 is 2.76 bits per heavy atom. The number of hydrogen-bond donors (Lipinski definition) is 1. The predicted molar refractivity (Wildman–Crippen MR) is 97.4 cm³/mol. The van der Waals surface area contributed by atoms with Gasteiger partial charge in [-0.2, -0.15) is 4.99 Å². The Morgan fingerprint density at radius 1 is 1.32 bits per heavy atom. The van der Waals surface area contributed by atoms with E-state index in [0.717, 1.165) is 31.1 Å². The molecule has 1 aromatic rings. The maximum Gasteiger partial charge on any atom is 0.262 e. The topological polar surface area (TPSA) is 80.2 Å². The molecule has 134 valence electrons. The fraction of sp³-hybridized carbons (Fsp3) is 0.471. The highest BCUT2D eigenvalue weighted by molar-refractivity contribution is 8.15. The van der Waals surface area contributed by atoms with E-state index in [4.69, 9.17) is 9.47 Å². The SMILES string of the molecule is COc1ccc(NC(=O)CC2SC(N3CCCC3)=NC2=O)c(OC)c1. The number of likely N-dealkylation sites (tertiary alicyclic amines) is 1. The molecule has 8 heteroatoms. The lowest BCUT2D eigenvalue weighted by molar-refractivity contribution is -0.121. The number of aliphatic imine (C=N–C) groups is 1. The minimum absolute atomic E-state index is 0.0829. The highest BCUT2D eigenvalue weighted by atomic mass is 32.2. The van der Waals surface area contributed by atoms with Crippen LogP contribution in [0.2, 0.25) is 0 Å². The Kier molecular flexibility index (Phi) is 5.47. The zero-order valence-electron chi connectivity index (χ0n) is 14.3. The van der Waals surface area contributed by atoms with Crippen molar-refractivity contribution in [3.8, 4) is 11.5 Å². The van der Waals surface area contributed by atoms with E-state index in [-0.39, 0.29) is 18.2 Å². The number of carbonyl (C=O) groups excluding carboxylic acids is 2. The average Bonchev–Trinajstić information content (AvgIpc) is 3.25. The molecule has 0 aromatic heterocycles. The van der Waals surface area contributed by atoms with Crippen LogP contribution in [0.4, 0.5) is 5.69 Å². The second kappa shape index (κ2) is 7.77. The van der Waals surface area contributed by atoms with Gasteiger partial charge in [-0.3, -0.25) is 9.59 Å². The smallest absolute Gasteiger partial charge is 0.262 e. The summed E-state index contributed by atoms with van der Waals surface area (Å²) in [6, 6.07) is 5.15. The minimum Gasteiger partial charge on any atom is -0.497 e. The van der Waals surface area contributed by atoms with Gasteiger partial charge >= 0.3 is 0 Å². The number of amidine groups is 1. The molecule has 0 spiro atoms. The van der Waals surface area contributed by atoms with Gasteiger partial charge < -0.3 is 19.7 Å². The number of carbonyl (C=O) groups is 2. The van der Waals surface area contributed by atoms with Gasteiger partial charge in [-0.05, 0) is 25.0 Å². The van der Waals surface area contributed by atoms with Crippen molar-refractivity contribution in [2.75, 3.05) is 32.6 Å². The Hall–Kier alpha value is -2.22. The molecule has 7 nitrogen and oxygen atoms in total. The molecular weight excluding hydrogens is 342 g/mol. The lowest BCUT2D eigenvalue weighted by Crippen LogP contribution is -2.25. The van der Waals surface area contributed by atoms with Crippen molar-refractivity contribution in [3.63, 3.8) is 0 Å². The van der Waals surface area contributed by atoms with Crippen LogP contribution in [0, 0.1) is 0 Å². The predicted octanol–water partition coefficient (Wildman–Crippen LogP) is 2.13. The molecular formula is C17H21N3O4S. The Labute approximate surface area is 150 Å². The third-order valence-corrected chi connectivity index (χ3v) is 5.37. The van der Waals surface area contributed by atoms with Gasteiger partial charge in [-0.1, -0.05) is 11.8 Å². The summed E-state index contributed by atoms with van der Waals surface area (Å²) in [5.41, 5.74) is 0.546. The number of rotatable bonds is 5. The zero-order chi connectivity index (χ0) is 17.8. The highest BCUT2D eigenvalue weighted by Gasteiger charge is 2.33. The zero-order valence-corrected chi connectivity index (χ0v) is 15.1. The molecule has 1 aromatic carbocycles. The van der Waals surface area contributed by atoms with E-state index in [1.807, 2.05) is 0 Å². The monoisotopic (exact) mass is 363 g/mol. The summed E-state index contributed by atoms with van der Waals surface area (Å²) in [6.07, 6.45) is 2.33. The van der Waals surface area contributed by atoms with Crippen LogP contribution in [0.5, 0.6) is 11.5 Å². The normalized spacial score (nSPS) is 19.8. The van der Waals surface area contributed by atoms with Crippen LogP contribution in [-0.4, -0.2) is 54.4 Å². The van der Waals surface area contributed by atoms with Crippen molar-refractivity contribution >= 4 is 34.4 Å². The first-order chi connectivity index (χ1) is 12.1. The van der Waals surface area contributed by atoms with Gasteiger partial charge in [0.2, 0.25) is 5.91 Å². The van der Waals surface area contributed by atoms with E-state index in [1.54, 1.807) is 25.3 Å². The first-order valence-corrected chi connectivity index (χ1v) is 9.04. The van der Waals surface area contributed by atoms with E-state index in [2.05, 4.69) is 15.2 Å². The van der Waals surface area contributed by atoms with Gasteiger partial charge in [0.1, 0.15) is 16.7 Å². The van der Waals surface area contributed by atoms with Crippen LogP contribution in [0.3, 0.4) is 0 Å². The molecule has 3 rings (SSSR count). The van der Waals surface area contributed by atoms with Gasteiger partial charge in [0.25, 0.3) is 5.91 Å². The number of benzene rings is 1. The fourth-order valence-corrected chi connectivity index (χ4v) is 3.94. The summed E-state index contributed by atoms with van der Waals surface area (Å²) in [5, 5.41) is 3.09. The summed E-state index contributed by atoms with van der Waals surface area (Å²) in [5.74, 6) is 0.670. The standard InChI is InChI=1S/C17H21N3O4S/c1-23-11-5-6-12(13(9-11)24-2)18-15(21)10-14-16(22)19-17(25-14)20-7-3-4-8-20/h5-6,9,14H,3-4,7-8,10H2,1-2H3,(H,18,21). The average molecular weight is 363 g/mol. The van der Waals surface area contributed by atoms with Gasteiger partial charge in [0.15, 0.2) is 5.17 Å². The second-order valence-corrected chi connectivity index (χ2v) is 7.02. The molecule has 1 fully saturated rings. The van der Waals surface area contributed by atoms with E-state index >= 15 is 0 Å². The lowest BCUT2D eigenvalue weighted by atomic mass is 10.2. The van der Waals surface area contributed by atoms with Crippen molar-refractivity contribution in [1.29, 1.82) is 0 Å². The number of nitrogens with one attached hydrogen (secondary N) is 1. The molecule has 0 radical (unpaired) electrons. The third kappa shape index (κ3) is 4.07. The van der Waals surface area contributed by atoms with Gasteiger partial charge in [0.05, 0.1) is 19.9 Å². The summed E-state index contributed by atoms with van der Waals surface area (Å²) < 4.78 is 10.4. The Balaban J connectivity index is 1.59. The number of thioether (sulfide) groups is 1. The second-order valence-electron chi connectivity index (χ2n) is 5.85. The first kappa shape index (κ1) is 17.6. The van der Waals surface area contributed by atoms with Crippen LogP contribution in [0.15, 0.2) is 23.2 Å².